The van der Waals surface area contributed by atoms with Gasteiger partial charge in [0.25, 0.3) is 0 Å². The highest BCUT2D eigenvalue weighted by atomic mass is 14.1. The first kappa shape index (κ1) is 28.8. The lowest BCUT2D eigenvalue weighted by molar-refractivity contribution is 0.431. The third-order valence-corrected chi connectivity index (χ3v) is 3.61. The minimum Gasteiger partial charge on any atom is -0.0883 e. The SMILES string of the molecule is C.CC.CC.CC(C)CC1C=CCCC1.CC(C)Cc1ccccc1. The van der Waals surface area contributed by atoms with Gasteiger partial charge in [0.15, 0.2) is 0 Å². The summed E-state index contributed by atoms with van der Waals surface area (Å²) in [5.41, 5.74) is 1.44. The molecule has 0 aliphatic heterocycles. The molecule has 0 fully saturated rings. The molecular formula is C25H48. The molecule has 0 saturated carbocycles. The number of hydrogen-bond donors (Lipinski definition) is 0. The molecule has 0 heteroatoms. The summed E-state index contributed by atoms with van der Waals surface area (Å²) in [5.74, 6) is 2.53. The maximum Gasteiger partial charge on any atom is -0.0231 e. The van der Waals surface area contributed by atoms with Crippen LogP contribution >= 0.6 is 0 Å². The van der Waals surface area contributed by atoms with Crippen LogP contribution < -0.4 is 0 Å². The van der Waals surface area contributed by atoms with Gasteiger partial charge in [-0.05, 0) is 55.4 Å². The normalized spacial score (nSPS) is 14.9. The Balaban J connectivity index is -0.000000312. The highest BCUT2D eigenvalue weighted by molar-refractivity contribution is 5.14. The van der Waals surface area contributed by atoms with E-state index in [1.807, 2.05) is 27.7 Å². The van der Waals surface area contributed by atoms with E-state index in [0.29, 0.717) is 0 Å². The van der Waals surface area contributed by atoms with Crippen LogP contribution in [0.4, 0.5) is 0 Å². The van der Waals surface area contributed by atoms with Gasteiger partial charge in [0.05, 0.1) is 0 Å². The molecule has 1 aliphatic carbocycles. The molecule has 0 heterocycles. The maximum absolute atomic E-state index is 2.41. The molecule has 148 valence electrons. The first-order valence-corrected chi connectivity index (χ1v) is 10.3. The lowest BCUT2D eigenvalue weighted by Gasteiger charge is -2.17. The van der Waals surface area contributed by atoms with E-state index in [9.17, 15) is 0 Å². The van der Waals surface area contributed by atoms with Gasteiger partial charge >= 0.3 is 0 Å². The van der Waals surface area contributed by atoms with E-state index in [4.69, 9.17) is 0 Å². The topological polar surface area (TPSA) is 0 Å². The van der Waals surface area contributed by atoms with E-state index in [1.54, 1.807) is 0 Å². The highest BCUT2D eigenvalue weighted by Crippen LogP contribution is 2.23. The Bertz CT molecular complexity index is 359. The zero-order valence-electron chi connectivity index (χ0n) is 17.8. The minimum atomic E-state index is 0. The Hall–Kier alpha value is -1.04. The summed E-state index contributed by atoms with van der Waals surface area (Å²) < 4.78 is 0. The third-order valence-electron chi connectivity index (χ3n) is 3.61. The van der Waals surface area contributed by atoms with Gasteiger partial charge in [-0.3, -0.25) is 0 Å². The number of allylic oxidation sites excluding steroid dienone is 2. The molecule has 0 bridgehead atoms. The fraction of sp³-hybridized carbons (Fsp3) is 0.680. The largest absolute Gasteiger partial charge is 0.0883 e. The molecule has 0 amide bonds. The first-order valence-electron chi connectivity index (χ1n) is 10.3. The zero-order valence-corrected chi connectivity index (χ0v) is 17.8. The van der Waals surface area contributed by atoms with Crippen molar-refractivity contribution in [1.29, 1.82) is 0 Å². The van der Waals surface area contributed by atoms with Gasteiger partial charge in [0, 0.05) is 0 Å². The van der Waals surface area contributed by atoms with Gasteiger partial charge in [-0.1, -0.05) is 105 Å². The van der Waals surface area contributed by atoms with Crippen LogP contribution in [0.3, 0.4) is 0 Å². The van der Waals surface area contributed by atoms with E-state index >= 15 is 0 Å². The summed E-state index contributed by atoms with van der Waals surface area (Å²) in [5, 5.41) is 0. The van der Waals surface area contributed by atoms with Crippen molar-refractivity contribution in [2.75, 3.05) is 0 Å². The average molecular weight is 349 g/mol. The predicted octanol–water partition coefficient (Wildman–Crippen LogP) is 8.96. The Kier molecular flexibility index (Phi) is 24.2. The molecule has 0 spiro atoms. The summed E-state index contributed by atoms with van der Waals surface area (Å²) in [6, 6.07) is 10.6. The second-order valence-corrected chi connectivity index (χ2v) is 6.83. The number of rotatable bonds is 4. The van der Waals surface area contributed by atoms with Crippen molar-refractivity contribution in [3.63, 3.8) is 0 Å². The smallest absolute Gasteiger partial charge is 0.0231 e. The van der Waals surface area contributed by atoms with E-state index in [2.05, 4.69) is 70.2 Å². The van der Waals surface area contributed by atoms with Gasteiger partial charge in [-0.2, -0.15) is 0 Å². The molecule has 1 aliphatic rings. The van der Waals surface area contributed by atoms with Crippen LogP contribution in [0.15, 0.2) is 42.5 Å². The molecular weight excluding hydrogens is 300 g/mol. The highest BCUT2D eigenvalue weighted by Gasteiger charge is 2.09. The lowest BCUT2D eigenvalue weighted by atomic mass is 9.89. The summed E-state index contributed by atoms with van der Waals surface area (Å²) in [7, 11) is 0. The Morgan fingerprint density at radius 2 is 1.44 bits per heavy atom. The molecule has 0 aromatic heterocycles. The predicted molar refractivity (Wildman–Crippen MR) is 120 cm³/mol. The monoisotopic (exact) mass is 348 g/mol. The average Bonchev–Trinajstić information content (AvgIpc) is 2.60. The van der Waals surface area contributed by atoms with Crippen LogP contribution in [0.1, 0.15) is 94.1 Å². The van der Waals surface area contributed by atoms with E-state index in [1.165, 1.54) is 37.7 Å². The molecule has 1 aromatic carbocycles. The van der Waals surface area contributed by atoms with E-state index in [0.717, 1.165) is 17.8 Å². The Morgan fingerprint density at radius 3 is 1.84 bits per heavy atom. The van der Waals surface area contributed by atoms with Crippen molar-refractivity contribution >= 4 is 0 Å². The van der Waals surface area contributed by atoms with Crippen LogP contribution in [0, 0.1) is 17.8 Å². The fourth-order valence-electron chi connectivity index (χ4n) is 2.77. The summed E-state index contributed by atoms with van der Waals surface area (Å²) >= 11 is 0. The molecule has 1 unspecified atom stereocenters. The second-order valence-electron chi connectivity index (χ2n) is 6.83. The molecule has 0 saturated heterocycles. The van der Waals surface area contributed by atoms with Gasteiger partial charge in [0.1, 0.15) is 0 Å². The van der Waals surface area contributed by atoms with Crippen LogP contribution in [-0.2, 0) is 6.42 Å². The van der Waals surface area contributed by atoms with Gasteiger partial charge in [0.2, 0.25) is 0 Å². The maximum atomic E-state index is 2.41. The summed E-state index contributed by atoms with van der Waals surface area (Å²) in [6.07, 6.45) is 11.5. The van der Waals surface area contributed by atoms with Crippen LogP contribution in [0.5, 0.6) is 0 Å². The second kappa shape index (κ2) is 21.0. The Labute approximate surface area is 161 Å². The summed E-state index contributed by atoms with van der Waals surface area (Å²) in [4.78, 5) is 0. The minimum absolute atomic E-state index is 0. The lowest BCUT2D eigenvalue weighted by Crippen LogP contribution is -2.04. The van der Waals surface area contributed by atoms with Crippen molar-refractivity contribution < 1.29 is 0 Å². The van der Waals surface area contributed by atoms with Gasteiger partial charge in [-0.25, -0.2) is 0 Å². The quantitative estimate of drug-likeness (QED) is 0.476. The molecule has 0 N–H and O–H groups in total. The standard InChI is InChI=1S/C10H18.C10H14.2C2H6.CH4/c2*1-9(2)8-10-6-4-3-5-7-10;2*1-2;/h4,6,9-10H,3,5,7-8H2,1-2H3;3-7,9H,8H2,1-2H3;2*1-2H3;1H4. The van der Waals surface area contributed by atoms with Crippen molar-refractivity contribution in [1.82, 2.24) is 0 Å². The molecule has 0 nitrogen and oxygen atoms in total. The summed E-state index contributed by atoms with van der Waals surface area (Å²) in [6.45, 7) is 17.1. The van der Waals surface area contributed by atoms with E-state index in [-0.39, 0.29) is 7.43 Å². The van der Waals surface area contributed by atoms with Gasteiger partial charge in [-0.15, -0.1) is 0 Å². The van der Waals surface area contributed by atoms with Crippen molar-refractivity contribution in [2.45, 2.75) is 94.9 Å². The van der Waals surface area contributed by atoms with Crippen LogP contribution in [0.2, 0.25) is 0 Å². The van der Waals surface area contributed by atoms with Crippen molar-refractivity contribution in [3.8, 4) is 0 Å². The van der Waals surface area contributed by atoms with E-state index < -0.39 is 0 Å². The van der Waals surface area contributed by atoms with Gasteiger partial charge < -0.3 is 0 Å². The molecule has 25 heavy (non-hydrogen) atoms. The molecule has 0 radical (unpaired) electrons. The molecule has 2 rings (SSSR count). The molecule has 1 aromatic rings. The first-order chi connectivity index (χ1) is 11.6. The van der Waals surface area contributed by atoms with Crippen LogP contribution in [0.25, 0.3) is 0 Å². The number of benzene rings is 1. The number of hydrogen-bond acceptors (Lipinski definition) is 0. The van der Waals surface area contributed by atoms with Crippen molar-refractivity contribution in [3.05, 3.63) is 48.0 Å². The fourth-order valence-corrected chi connectivity index (χ4v) is 2.77. The van der Waals surface area contributed by atoms with Crippen molar-refractivity contribution in [2.24, 2.45) is 17.8 Å². The molecule has 1 atom stereocenters. The third kappa shape index (κ3) is 19.1. The zero-order chi connectivity index (χ0) is 18.8. The van der Waals surface area contributed by atoms with Crippen LogP contribution in [-0.4, -0.2) is 0 Å². The Morgan fingerprint density at radius 1 is 0.880 bits per heavy atom.